The predicted octanol–water partition coefficient (Wildman–Crippen LogP) is 1.84. The fraction of sp³-hybridized carbons (Fsp3) is 0.600. The van der Waals surface area contributed by atoms with Crippen molar-refractivity contribution in [1.82, 2.24) is 4.90 Å². The van der Waals surface area contributed by atoms with Crippen molar-refractivity contribution in [3.8, 4) is 0 Å². The third-order valence-corrected chi connectivity index (χ3v) is 6.11. The number of sulfone groups is 1. The Bertz CT molecular complexity index is 525. The third kappa shape index (κ3) is 4.04. The van der Waals surface area contributed by atoms with Gasteiger partial charge in [-0.1, -0.05) is 24.3 Å². The van der Waals surface area contributed by atoms with Crippen LogP contribution in [0.3, 0.4) is 0 Å². The van der Waals surface area contributed by atoms with Gasteiger partial charge in [0.25, 0.3) is 0 Å². The van der Waals surface area contributed by atoms with E-state index in [1.165, 1.54) is 5.56 Å². The lowest BCUT2D eigenvalue weighted by molar-refractivity contribution is 0.185. The molecule has 1 atom stereocenters. The van der Waals surface area contributed by atoms with E-state index in [-0.39, 0.29) is 11.0 Å². The molecule has 0 aromatic heterocycles. The Morgan fingerprint density at radius 2 is 1.85 bits per heavy atom. The molecule has 0 N–H and O–H groups in total. The Labute approximate surface area is 121 Å². The van der Waals surface area contributed by atoms with Crippen LogP contribution in [0.5, 0.6) is 0 Å². The SMILES string of the molecule is COCc1ccc(CN2CC[C@@H](C)S(=O)(=O)CC2)cc1. The largest absolute Gasteiger partial charge is 0.380 e. The molecule has 1 fully saturated rings. The molecule has 1 aliphatic rings. The van der Waals surface area contributed by atoms with Crippen molar-refractivity contribution in [2.75, 3.05) is 26.0 Å². The van der Waals surface area contributed by atoms with Crippen LogP contribution in [0, 0.1) is 0 Å². The highest BCUT2D eigenvalue weighted by molar-refractivity contribution is 7.92. The van der Waals surface area contributed by atoms with Gasteiger partial charge in [-0.15, -0.1) is 0 Å². The van der Waals surface area contributed by atoms with Gasteiger partial charge in [0.05, 0.1) is 17.6 Å². The minimum absolute atomic E-state index is 0.212. The molecule has 0 amide bonds. The molecule has 4 nitrogen and oxygen atoms in total. The zero-order valence-corrected chi connectivity index (χ0v) is 13.0. The first-order valence-electron chi connectivity index (χ1n) is 7.02. The van der Waals surface area contributed by atoms with Crippen molar-refractivity contribution < 1.29 is 13.2 Å². The average molecular weight is 297 g/mol. The number of methoxy groups -OCH3 is 1. The Kier molecular flexibility index (Phi) is 5.18. The number of hydrogen-bond donors (Lipinski definition) is 0. The molecule has 0 saturated carbocycles. The zero-order chi connectivity index (χ0) is 14.6. The van der Waals surface area contributed by atoms with E-state index in [9.17, 15) is 8.42 Å². The molecular weight excluding hydrogens is 274 g/mol. The van der Waals surface area contributed by atoms with Crippen LogP contribution in [-0.2, 0) is 27.7 Å². The fourth-order valence-corrected chi connectivity index (χ4v) is 3.82. The summed E-state index contributed by atoms with van der Waals surface area (Å²) in [6, 6.07) is 8.32. The summed E-state index contributed by atoms with van der Waals surface area (Å²) in [6.45, 7) is 4.74. The Morgan fingerprint density at radius 1 is 1.20 bits per heavy atom. The number of hydrogen-bond acceptors (Lipinski definition) is 4. The maximum atomic E-state index is 11.9. The molecule has 5 heteroatoms. The first-order valence-corrected chi connectivity index (χ1v) is 8.73. The van der Waals surface area contributed by atoms with Crippen LogP contribution >= 0.6 is 0 Å². The first-order chi connectivity index (χ1) is 9.51. The Balaban J connectivity index is 1.96. The third-order valence-electron chi connectivity index (χ3n) is 3.90. The smallest absolute Gasteiger partial charge is 0.154 e. The average Bonchev–Trinajstić information content (AvgIpc) is 2.54. The van der Waals surface area contributed by atoms with Gasteiger partial charge in [0.2, 0.25) is 0 Å². The normalized spacial score (nSPS) is 23.4. The maximum Gasteiger partial charge on any atom is 0.154 e. The van der Waals surface area contributed by atoms with Gasteiger partial charge in [0.15, 0.2) is 9.84 Å². The van der Waals surface area contributed by atoms with Crippen LogP contribution in [0.4, 0.5) is 0 Å². The van der Waals surface area contributed by atoms with Gasteiger partial charge in [0, 0.05) is 20.2 Å². The number of rotatable bonds is 4. The van der Waals surface area contributed by atoms with Crippen LogP contribution in [0.25, 0.3) is 0 Å². The standard InChI is InChI=1S/C15H23NO3S/c1-13-7-8-16(9-10-20(13,17)18)11-14-3-5-15(6-4-14)12-19-2/h3-6,13H,7-12H2,1-2H3/t13-/m1/s1. The molecular formula is C15H23NO3S. The molecule has 1 aliphatic heterocycles. The molecule has 1 saturated heterocycles. The van der Waals surface area contributed by atoms with Crippen molar-refractivity contribution in [3.63, 3.8) is 0 Å². The lowest BCUT2D eigenvalue weighted by Gasteiger charge is -2.19. The van der Waals surface area contributed by atoms with E-state index in [0.717, 1.165) is 25.1 Å². The fourth-order valence-electron chi connectivity index (χ4n) is 2.44. The van der Waals surface area contributed by atoms with Gasteiger partial charge in [0.1, 0.15) is 0 Å². The van der Waals surface area contributed by atoms with Gasteiger partial charge >= 0.3 is 0 Å². The quantitative estimate of drug-likeness (QED) is 0.851. The van der Waals surface area contributed by atoms with Crippen molar-refractivity contribution in [3.05, 3.63) is 35.4 Å². The van der Waals surface area contributed by atoms with E-state index in [2.05, 4.69) is 29.2 Å². The topological polar surface area (TPSA) is 46.6 Å². The van der Waals surface area contributed by atoms with Crippen molar-refractivity contribution in [2.45, 2.75) is 31.7 Å². The first kappa shape index (κ1) is 15.5. The Morgan fingerprint density at radius 3 is 2.50 bits per heavy atom. The van der Waals surface area contributed by atoms with Gasteiger partial charge in [-0.05, 0) is 31.0 Å². The number of nitrogens with zero attached hydrogens (tertiary/aromatic N) is 1. The zero-order valence-electron chi connectivity index (χ0n) is 12.2. The molecule has 112 valence electrons. The second-order valence-corrected chi connectivity index (χ2v) is 8.03. The summed E-state index contributed by atoms with van der Waals surface area (Å²) in [5.41, 5.74) is 2.38. The summed E-state index contributed by atoms with van der Waals surface area (Å²) < 4.78 is 28.8. The summed E-state index contributed by atoms with van der Waals surface area (Å²) in [4.78, 5) is 2.23. The van der Waals surface area contributed by atoms with Gasteiger partial charge in [-0.3, -0.25) is 4.90 Å². The second-order valence-electron chi connectivity index (χ2n) is 5.49. The molecule has 0 spiro atoms. The lowest BCUT2D eigenvalue weighted by Crippen LogP contribution is -2.26. The maximum absolute atomic E-state index is 11.9. The van der Waals surface area contributed by atoms with E-state index in [4.69, 9.17) is 4.74 Å². The summed E-state index contributed by atoms with van der Waals surface area (Å²) >= 11 is 0. The molecule has 2 rings (SSSR count). The van der Waals surface area contributed by atoms with Crippen LogP contribution in [0.15, 0.2) is 24.3 Å². The van der Waals surface area contributed by atoms with E-state index >= 15 is 0 Å². The summed E-state index contributed by atoms with van der Waals surface area (Å²) in [7, 11) is -1.21. The van der Waals surface area contributed by atoms with E-state index in [1.807, 2.05) is 6.92 Å². The number of ether oxygens (including phenoxy) is 1. The Hall–Kier alpha value is -0.910. The van der Waals surface area contributed by atoms with E-state index in [1.54, 1.807) is 7.11 Å². The summed E-state index contributed by atoms with van der Waals surface area (Å²) in [5, 5.41) is -0.212. The highest BCUT2D eigenvalue weighted by Crippen LogP contribution is 2.16. The van der Waals surface area contributed by atoms with Crippen molar-refractivity contribution >= 4 is 9.84 Å². The van der Waals surface area contributed by atoms with Crippen LogP contribution in [0.2, 0.25) is 0 Å². The predicted molar refractivity (Wildman–Crippen MR) is 80.3 cm³/mol. The highest BCUT2D eigenvalue weighted by atomic mass is 32.2. The van der Waals surface area contributed by atoms with Gasteiger partial charge in [-0.2, -0.15) is 0 Å². The molecule has 0 aliphatic carbocycles. The number of benzene rings is 1. The molecule has 0 radical (unpaired) electrons. The summed E-state index contributed by atoms with van der Waals surface area (Å²) in [6.07, 6.45) is 0.726. The van der Waals surface area contributed by atoms with E-state index < -0.39 is 9.84 Å². The summed E-state index contributed by atoms with van der Waals surface area (Å²) in [5.74, 6) is 0.274. The molecule has 1 aromatic rings. The monoisotopic (exact) mass is 297 g/mol. The second kappa shape index (κ2) is 6.70. The molecule has 0 bridgehead atoms. The van der Waals surface area contributed by atoms with Crippen molar-refractivity contribution in [1.29, 1.82) is 0 Å². The van der Waals surface area contributed by atoms with Gasteiger partial charge in [-0.25, -0.2) is 8.42 Å². The van der Waals surface area contributed by atoms with Crippen LogP contribution < -0.4 is 0 Å². The minimum atomic E-state index is -2.90. The molecule has 1 heterocycles. The minimum Gasteiger partial charge on any atom is -0.380 e. The van der Waals surface area contributed by atoms with Crippen LogP contribution in [-0.4, -0.2) is 44.5 Å². The van der Waals surface area contributed by atoms with E-state index in [0.29, 0.717) is 13.2 Å². The van der Waals surface area contributed by atoms with Gasteiger partial charge < -0.3 is 4.74 Å². The lowest BCUT2D eigenvalue weighted by atomic mass is 10.1. The molecule has 1 aromatic carbocycles. The highest BCUT2D eigenvalue weighted by Gasteiger charge is 2.26. The molecule has 0 unspecified atom stereocenters. The van der Waals surface area contributed by atoms with Crippen LogP contribution in [0.1, 0.15) is 24.5 Å². The molecule has 20 heavy (non-hydrogen) atoms. The van der Waals surface area contributed by atoms with Crippen molar-refractivity contribution in [2.24, 2.45) is 0 Å².